The molecule has 6 nitrogen and oxygen atoms in total. The van der Waals surface area contributed by atoms with Crippen LogP contribution in [0.15, 0.2) is 53.1 Å². The Bertz CT molecular complexity index is 937. The molecule has 1 N–H and O–H groups in total. The van der Waals surface area contributed by atoms with Crippen LogP contribution in [0.25, 0.3) is 22.8 Å². The van der Waals surface area contributed by atoms with Gasteiger partial charge in [0, 0.05) is 11.3 Å². The lowest BCUT2D eigenvalue weighted by Crippen LogP contribution is -2.09. The molecule has 0 radical (unpaired) electrons. The zero-order valence-electron chi connectivity index (χ0n) is 12.0. The third-order valence-electron chi connectivity index (χ3n) is 2.98. The molecule has 0 aliphatic carbocycles. The SMILES string of the molecule is CS(=O)(=O)Nc1ccc(-c2noc(-c3ccccc3Cl)n2)cc1. The van der Waals surface area contributed by atoms with Crippen LogP contribution in [0.2, 0.25) is 5.02 Å². The third kappa shape index (κ3) is 3.69. The smallest absolute Gasteiger partial charge is 0.259 e. The highest BCUT2D eigenvalue weighted by molar-refractivity contribution is 7.92. The number of nitrogens with zero attached hydrogens (tertiary/aromatic N) is 2. The predicted octanol–water partition coefficient (Wildman–Crippen LogP) is 3.43. The average molecular weight is 350 g/mol. The Balaban J connectivity index is 1.88. The molecule has 0 unspecified atom stereocenters. The molecule has 23 heavy (non-hydrogen) atoms. The molecule has 8 heteroatoms. The van der Waals surface area contributed by atoms with Gasteiger partial charge in [0.25, 0.3) is 5.89 Å². The normalized spacial score (nSPS) is 11.4. The maximum absolute atomic E-state index is 11.2. The Labute approximate surface area is 138 Å². The number of anilines is 1. The van der Waals surface area contributed by atoms with Gasteiger partial charge in [-0.15, -0.1) is 0 Å². The molecule has 1 heterocycles. The van der Waals surface area contributed by atoms with Gasteiger partial charge in [-0.25, -0.2) is 8.42 Å². The van der Waals surface area contributed by atoms with Gasteiger partial charge >= 0.3 is 0 Å². The molecule has 0 spiro atoms. The van der Waals surface area contributed by atoms with Crippen molar-refractivity contribution in [2.24, 2.45) is 0 Å². The summed E-state index contributed by atoms with van der Waals surface area (Å²) in [6.07, 6.45) is 1.09. The Hall–Kier alpha value is -2.38. The van der Waals surface area contributed by atoms with Crippen LogP contribution in [0.5, 0.6) is 0 Å². The van der Waals surface area contributed by atoms with Gasteiger partial charge in [-0.3, -0.25) is 4.72 Å². The fourth-order valence-corrected chi connectivity index (χ4v) is 2.77. The Morgan fingerprint density at radius 3 is 2.43 bits per heavy atom. The van der Waals surface area contributed by atoms with E-state index in [4.69, 9.17) is 16.1 Å². The quantitative estimate of drug-likeness (QED) is 0.780. The lowest BCUT2D eigenvalue weighted by atomic mass is 10.2. The zero-order valence-corrected chi connectivity index (χ0v) is 13.6. The van der Waals surface area contributed by atoms with Crippen LogP contribution < -0.4 is 4.72 Å². The first kappa shape index (κ1) is 15.5. The van der Waals surface area contributed by atoms with Crippen LogP contribution in [0.3, 0.4) is 0 Å². The van der Waals surface area contributed by atoms with Crippen LogP contribution in [-0.2, 0) is 10.0 Å². The minimum absolute atomic E-state index is 0.323. The molecule has 2 aromatic carbocycles. The van der Waals surface area contributed by atoms with E-state index in [9.17, 15) is 8.42 Å². The number of rotatable bonds is 4. The van der Waals surface area contributed by atoms with E-state index in [1.54, 1.807) is 36.4 Å². The van der Waals surface area contributed by atoms with E-state index in [1.807, 2.05) is 12.1 Å². The number of nitrogens with one attached hydrogen (secondary N) is 1. The topological polar surface area (TPSA) is 85.1 Å². The molecule has 0 aliphatic rings. The summed E-state index contributed by atoms with van der Waals surface area (Å²) in [6, 6.07) is 13.8. The third-order valence-corrected chi connectivity index (χ3v) is 3.91. The molecule has 0 saturated carbocycles. The standard InChI is InChI=1S/C15H12ClN3O3S/c1-23(20,21)19-11-8-6-10(7-9-11)14-17-15(22-18-14)12-4-2-3-5-13(12)16/h2-9,19H,1H3. The van der Waals surface area contributed by atoms with Gasteiger partial charge in [0.15, 0.2) is 0 Å². The summed E-state index contributed by atoms with van der Waals surface area (Å²) in [7, 11) is -3.31. The molecule has 118 valence electrons. The van der Waals surface area contributed by atoms with E-state index in [0.29, 0.717) is 33.6 Å². The van der Waals surface area contributed by atoms with E-state index in [2.05, 4.69) is 14.9 Å². The summed E-state index contributed by atoms with van der Waals surface area (Å²) in [4.78, 5) is 4.31. The van der Waals surface area contributed by atoms with Gasteiger partial charge < -0.3 is 4.52 Å². The number of benzene rings is 2. The van der Waals surface area contributed by atoms with Crippen molar-refractivity contribution in [1.29, 1.82) is 0 Å². The van der Waals surface area contributed by atoms with Crippen molar-refractivity contribution in [2.75, 3.05) is 11.0 Å². The maximum Gasteiger partial charge on any atom is 0.259 e. The highest BCUT2D eigenvalue weighted by atomic mass is 35.5. The van der Waals surface area contributed by atoms with E-state index < -0.39 is 10.0 Å². The van der Waals surface area contributed by atoms with Crippen LogP contribution in [0, 0.1) is 0 Å². The number of hydrogen-bond donors (Lipinski definition) is 1. The number of sulfonamides is 1. The highest BCUT2D eigenvalue weighted by Gasteiger charge is 2.13. The molecular weight excluding hydrogens is 338 g/mol. The number of halogens is 1. The molecule has 3 rings (SSSR count). The number of hydrogen-bond acceptors (Lipinski definition) is 5. The maximum atomic E-state index is 11.2. The lowest BCUT2D eigenvalue weighted by molar-refractivity contribution is 0.432. The Kier molecular flexibility index (Phi) is 4.06. The summed E-state index contributed by atoms with van der Waals surface area (Å²) < 4.78 is 30.0. The fraction of sp³-hybridized carbons (Fsp3) is 0.0667. The molecule has 0 fully saturated rings. The van der Waals surface area contributed by atoms with Crippen LogP contribution in [0.1, 0.15) is 0 Å². The first-order chi connectivity index (χ1) is 10.9. The first-order valence-corrected chi connectivity index (χ1v) is 8.86. The molecule has 0 bridgehead atoms. The zero-order chi connectivity index (χ0) is 16.4. The molecule has 0 aliphatic heterocycles. The van der Waals surface area contributed by atoms with E-state index in [-0.39, 0.29) is 0 Å². The first-order valence-electron chi connectivity index (χ1n) is 6.59. The Morgan fingerprint density at radius 1 is 1.09 bits per heavy atom. The summed E-state index contributed by atoms with van der Waals surface area (Å²) in [5.41, 5.74) is 1.82. The molecular formula is C15H12ClN3O3S. The van der Waals surface area contributed by atoms with E-state index in [1.165, 1.54) is 0 Å². The van der Waals surface area contributed by atoms with Gasteiger partial charge in [-0.05, 0) is 36.4 Å². The monoisotopic (exact) mass is 349 g/mol. The van der Waals surface area contributed by atoms with Crippen molar-refractivity contribution >= 4 is 27.3 Å². The summed E-state index contributed by atoms with van der Waals surface area (Å²) >= 11 is 6.10. The molecule has 3 aromatic rings. The highest BCUT2D eigenvalue weighted by Crippen LogP contribution is 2.28. The van der Waals surface area contributed by atoms with Gasteiger partial charge in [0.2, 0.25) is 15.8 Å². The van der Waals surface area contributed by atoms with E-state index >= 15 is 0 Å². The van der Waals surface area contributed by atoms with Gasteiger partial charge in [-0.2, -0.15) is 4.98 Å². The molecule has 0 saturated heterocycles. The second kappa shape index (κ2) is 6.02. The van der Waals surface area contributed by atoms with Crippen LogP contribution >= 0.6 is 11.6 Å². The van der Waals surface area contributed by atoms with Gasteiger partial charge in [-0.1, -0.05) is 28.9 Å². The predicted molar refractivity (Wildman–Crippen MR) is 88.6 cm³/mol. The van der Waals surface area contributed by atoms with Crippen LogP contribution in [0.4, 0.5) is 5.69 Å². The van der Waals surface area contributed by atoms with Crippen molar-refractivity contribution in [3.63, 3.8) is 0 Å². The fourth-order valence-electron chi connectivity index (χ4n) is 1.99. The van der Waals surface area contributed by atoms with Crippen molar-refractivity contribution in [3.05, 3.63) is 53.6 Å². The summed E-state index contributed by atoms with van der Waals surface area (Å²) in [6.45, 7) is 0. The van der Waals surface area contributed by atoms with Crippen molar-refractivity contribution in [3.8, 4) is 22.8 Å². The van der Waals surface area contributed by atoms with Gasteiger partial charge in [0.1, 0.15) is 0 Å². The lowest BCUT2D eigenvalue weighted by Gasteiger charge is -2.03. The summed E-state index contributed by atoms with van der Waals surface area (Å²) in [5.74, 6) is 0.717. The largest absolute Gasteiger partial charge is 0.334 e. The second-order valence-corrected chi connectivity index (χ2v) is 7.01. The van der Waals surface area contributed by atoms with Crippen molar-refractivity contribution < 1.29 is 12.9 Å². The van der Waals surface area contributed by atoms with Crippen molar-refractivity contribution in [1.82, 2.24) is 10.1 Å². The summed E-state index contributed by atoms with van der Waals surface area (Å²) in [5, 5.41) is 4.45. The Morgan fingerprint density at radius 2 is 1.78 bits per heavy atom. The molecule has 0 amide bonds. The second-order valence-electron chi connectivity index (χ2n) is 4.85. The average Bonchev–Trinajstić information content (AvgIpc) is 2.96. The van der Waals surface area contributed by atoms with Gasteiger partial charge in [0.05, 0.1) is 16.8 Å². The number of aromatic nitrogens is 2. The minimum atomic E-state index is -3.31. The molecule has 1 aromatic heterocycles. The van der Waals surface area contributed by atoms with E-state index in [0.717, 1.165) is 6.26 Å². The molecule has 0 atom stereocenters. The van der Waals surface area contributed by atoms with Crippen molar-refractivity contribution in [2.45, 2.75) is 0 Å². The van der Waals surface area contributed by atoms with Crippen LogP contribution in [-0.4, -0.2) is 24.8 Å². The minimum Gasteiger partial charge on any atom is -0.334 e.